The average Bonchev–Trinajstić information content (AvgIpc) is 2.58. The zero-order valence-electron chi connectivity index (χ0n) is 12.1. The minimum absolute atomic E-state index is 0.197. The van der Waals surface area contributed by atoms with E-state index in [1.165, 1.54) is 22.4 Å². The zero-order valence-corrected chi connectivity index (χ0v) is 13.0. The quantitative estimate of drug-likeness (QED) is 0.868. The molecule has 1 aromatic rings. The summed E-state index contributed by atoms with van der Waals surface area (Å²) < 4.78 is 24.4. The van der Waals surface area contributed by atoms with Gasteiger partial charge in [0.25, 0.3) is 6.43 Å². The van der Waals surface area contributed by atoms with Gasteiger partial charge >= 0.3 is 0 Å². The number of fused-ring (bicyclic) bond motifs is 1. The second-order valence-electron chi connectivity index (χ2n) is 6.99. The highest BCUT2D eigenvalue weighted by Crippen LogP contribution is 2.49. The zero-order chi connectivity index (χ0) is 14.3. The Labute approximate surface area is 118 Å². The Kier molecular flexibility index (Phi) is 4.03. The molecule has 0 aromatic carbocycles. The van der Waals surface area contributed by atoms with Crippen LogP contribution in [0.3, 0.4) is 0 Å². The van der Waals surface area contributed by atoms with Crippen LogP contribution in [0.5, 0.6) is 0 Å². The molecule has 0 saturated carbocycles. The lowest BCUT2D eigenvalue weighted by molar-refractivity contribution is 0.145. The standard InChI is InChI=1S/C15H23F2NS/c1-14(2)5-11-10(6-18-7-12(16)17)8-19-13(11)15(3,4)9-14/h8,12,18H,5-7,9H2,1-4H3. The van der Waals surface area contributed by atoms with Crippen LogP contribution in [0.2, 0.25) is 0 Å². The molecule has 0 atom stereocenters. The topological polar surface area (TPSA) is 12.0 Å². The first-order valence-electron chi connectivity index (χ1n) is 6.80. The molecule has 1 aromatic heterocycles. The van der Waals surface area contributed by atoms with Crippen LogP contribution in [0.25, 0.3) is 0 Å². The van der Waals surface area contributed by atoms with E-state index < -0.39 is 6.43 Å². The first-order chi connectivity index (χ1) is 8.71. The molecule has 0 fully saturated rings. The van der Waals surface area contributed by atoms with E-state index in [1.807, 2.05) is 0 Å². The molecule has 1 N–H and O–H groups in total. The Morgan fingerprint density at radius 3 is 2.63 bits per heavy atom. The molecule has 4 heteroatoms. The molecule has 19 heavy (non-hydrogen) atoms. The largest absolute Gasteiger partial charge is 0.307 e. The van der Waals surface area contributed by atoms with Crippen molar-refractivity contribution < 1.29 is 8.78 Å². The summed E-state index contributed by atoms with van der Waals surface area (Å²) in [5, 5.41) is 4.99. The van der Waals surface area contributed by atoms with E-state index in [0.29, 0.717) is 6.54 Å². The lowest BCUT2D eigenvalue weighted by atomic mass is 9.65. The Hall–Kier alpha value is -0.480. The third kappa shape index (κ3) is 3.34. The van der Waals surface area contributed by atoms with Gasteiger partial charge in [0.1, 0.15) is 0 Å². The van der Waals surface area contributed by atoms with Crippen LogP contribution in [0.1, 0.15) is 50.1 Å². The van der Waals surface area contributed by atoms with Crippen molar-refractivity contribution in [3.05, 3.63) is 21.4 Å². The number of hydrogen-bond donors (Lipinski definition) is 1. The van der Waals surface area contributed by atoms with Crippen molar-refractivity contribution in [1.82, 2.24) is 5.32 Å². The van der Waals surface area contributed by atoms with Gasteiger partial charge in [-0.2, -0.15) is 0 Å². The Morgan fingerprint density at radius 2 is 2.00 bits per heavy atom. The SMILES string of the molecule is CC1(C)Cc2c(CNCC(F)F)csc2C(C)(C)C1. The maximum absolute atomic E-state index is 12.2. The molecule has 0 bridgehead atoms. The fourth-order valence-electron chi connectivity index (χ4n) is 3.46. The molecular weight excluding hydrogens is 264 g/mol. The Bertz CT molecular complexity index is 449. The molecule has 1 nitrogen and oxygen atoms in total. The maximum Gasteiger partial charge on any atom is 0.250 e. The van der Waals surface area contributed by atoms with Gasteiger partial charge in [0.05, 0.1) is 6.54 Å². The number of thiophene rings is 1. The van der Waals surface area contributed by atoms with Gasteiger partial charge in [-0.15, -0.1) is 11.3 Å². The predicted molar refractivity (Wildman–Crippen MR) is 77.2 cm³/mol. The van der Waals surface area contributed by atoms with Gasteiger partial charge in [-0.1, -0.05) is 27.7 Å². The summed E-state index contributed by atoms with van der Waals surface area (Å²) in [5.74, 6) is 0. The molecule has 1 aliphatic rings. The molecule has 0 saturated heterocycles. The summed E-state index contributed by atoms with van der Waals surface area (Å²) in [5.41, 5.74) is 3.09. The number of hydrogen-bond acceptors (Lipinski definition) is 2. The van der Waals surface area contributed by atoms with Gasteiger partial charge in [0.2, 0.25) is 0 Å². The average molecular weight is 287 g/mol. The number of halogens is 2. The second-order valence-corrected chi connectivity index (χ2v) is 7.87. The molecule has 1 heterocycles. The van der Waals surface area contributed by atoms with Gasteiger partial charge in [0, 0.05) is 11.4 Å². The third-order valence-corrected chi connectivity index (χ3v) is 5.22. The van der Waals surface area contributed by atoms with Gasteiger partial charge in [-0.05, 0) is 40.2 Å². The molecule has 0 amide bonds. The summed E-state index contributed by atoms with van der Waals surface area (Å²) in [6.07, 6.45) is -0.0411. The van der Waals surface area contributed by atoms with Crippen LogP contribution in [-0.2, 0) is 18.4 Å². The van der Waals surface area contributed by atoms with Gasteiger partial charge < -0.3 is 5.32 Å². The van der Waals surface area contributed by atoms with Crippen LogP contribution in [0, 0.1) is 5.41 Å². The van der Waals surface area contributed by atoms with Crippen molar-refractivity contribution >= 4 is 11.3 Å². The smallest absolute Gasteiger partial charge is 0.250 e. The van der Waals surface area contributed by atoms with Crippen LogP contribution in [0.15, 0.2) is 5.38 Å². The molecule has 0 spiro atoms. The van der Waals surface area contributed by atoms with E-state index in [2.05, 4.69) is 38.4 Å². The van der Waals surface area contributed by atoms with Crippen molar-refractivity contribution in [2.24, 2.45) is 5.41 Å². The Morgan fingerprint density at radius 1 is 1.32 bits per heavy atom. The van der Waals surface area contributed by atoms with Crippen molar-refractivity contribution in [3.8, 4) is 0 Å². The van der Waals surface area contributed by atoms with Crippen LogP contribution >= 0.6 is 11.3 Å². The van der Waals surface area contributed by atoms with E-state index in [0.717, 1.165) is 6.42 Å². The lowest BCUT2D eigenvalue weighted by Gasteiger charge is -2.41. The first-order valence-corrected chi connectivity index (χ1v) is 7.68. The molecule has 2 rings (SSSR count). The van der Waals surface area contributed by atoms with Gasteiger partial charge in [-0.3, -0.25) is 0 Å². The minimum atomic E-state index is -2.28. The van der Waals surface area contributed by atoms with Crippen LogP contribution in [-0.4, -0.2) is 13.0 Å². The monoisotopic (exact) mass is 287 g/mol. The fourth-order valence-corrected chi connectivity index (χ4v) is 4.68. The number of alkyl halides is 2. The van der Waals surface area contributed by atoms with Crippen molar-refractivity contribution in [1.29, 1.82) is 0 Å². The summed E-state index contributed by atoms with van der Waals surface area (Å²) in [6, 6.07) is 0. The molecular formula is C15H23F2NS. The molecule has 0 unspecified atom stereocenters. The minimum Gasteiger partial charge on any atom is -0.307 e. The first kappa shape index (κ1) is 14.9. The highest BCUT2D eigenvalue weighted by Gasteiger charge is 2.39. The van der Waals surface area contributed by atoms with Crippen molar-refractivity contribution in [2.45, 2.75) is 58.9 Å². The normalized spacial score (nSPS) is 20.6. The van der Waals surface area contributed by atoms with E-state index >= 15 is 0 Å². The van der Waals surface area contributed by atoms with Crippen molar-refractivity contribution in [2.75, 3.05) is 6.54 Å². The highest BCUT2D eigenvalue weighted by atomic mass is 32.1. The van der Waals surface area contributed by atoms with Crippen LogP contribution < -0.4 is 5.32 Å². The molecule has 1 aliphatic carbocycles. The molecule has 0 radical (unpaired) electrons. The summed E-state index contributed by atoms with van der Waals surface area (Å²) in [7, 11) is 0. The lowest BCUT2D eigenvalue weighted by Crippen LogP contribution is -2.34. The highest BCUT2D eigenvalue weighted by molar-refractivity contribution is 7.10. The van der Waals surface area contributed by atoms with Crippen molar-refractivity contribution in [3.63, 3.8) is 0 Å². The fraction of sp³-hybridized carbons (Fsp3) is 0.733. The predicted octanol–water partition coefficient (Wildman–Crippen LogP) is 4.35. The van der Waals surface area contributed by atoms with E-state index in [1.54, 1.807) is 11.3 Å². The summed E-state index contributed by atoms with van der Waals surface area (Å²) in [6.45, 7) is 9.51. The second kappa shape index (κ2) is 5.13. The van der Waals surface area contributed by atoms with Crippen LogP contribution in [0.4, 0.5) is 8.78 Å². The number of nitrogens with one attached hydrogen (secondary N) is 1. The third-order valence-electron chi connectivity index (χ3n) is 3.79. The van der Waals surface area contributed by atoms with Gasteiger partial charge in [0.15, 0.2) is 0 Å². The molecule has 0 aliphatic heterocycles. The van der Waals surface area contributed by atoms with E-state index in [9.17, 15) is 8.78 Å². The van der Waals surface area contributed by atoms with E-state index in [4.69, 9.17) is 0 Å². The number of rotatable bonds is 4. The maximum atomic E-state index is 12.2. The Balaban J connectivity index is 2.19. The van der Waals surface area contributed by atoms with E-state index in [-0.39, 0.29) is 17.4 Å². The van der Waals surface area contributed by atoms with Gasteiger partial charge in [-0.25, -0.2) is 8.78 Å². The summed E-state index contributed by atoms with van der Waals surface area (Å²) >= 11 is 1.79. The summed E-state index contributed by atoms with van der Waals surface area (Å²) in [4.78, 5) is 1.45. The molecule has 108 valence electrons.